The minimum atomic E-state index is -1.08. The second kappa shape index (κ2) is 8.17. The molecule has 0 saturated carbocycles. The van der Waals surface area contributed by atoms with Gasteiger partial charge < -0.3 is 15.7 Å². The third kappa shape index (κ3) is 4.87. The predicted octanol–water partition coefficient (Wildman–Crippen LogP) is 1.34. The molecule has 0 aromatic heterocycles. The SMILES string of the molecule is CC[C@H](C)[C@H](NC(=O)CNC(=O)c1ccccc1C)C(=O)O. The van der Waals surface area contributed by atoms with Crippen LogP contribution < -0.4 is 10.6 Å². The number of carbonyl (C=O) groups excluding carboxylic acids is 2. The van der Waals surface area contributed by atoms with E-state index >= 15 is 0 Å². The number of hydrogen-bond acceptors (Lipinski definition) is 3. The number of aliphatic carboxylic acids is 1. The second-order valence-electron chi connectivity index (χ2n) is 5.27. The Morgan fingerprint density at radius 1 is 1.23 bits per heavy atom. The van der Waals surface area contributed by atoms with Gasteiger partial charge in [-0.1, -0.05) is 38.5 Å². The normalized spacial score (nSPS) is 13.0. The highest BCUT2D eigenvalue weighted by Gasteiger charge is 2.25. The van der Waals surface area contributed by atoms with E-state index in [0.29, 0.717) is 12.0 Å². The maximum Gasteiger partial charge on any atom is 0.326 e. The van der Waals surface area contributed by atoms with E-state index in [1.54, 1.807) is 32.0 Å². The van der Waals surface area contributed by atoms with Crippen molar-refractivity contribution >= 4 is 17.8 Å². The molecule has 0 aliphatic rings. The van der Waals surface area contributed by atoms with E-state index in [2.05, 4.69) is 10.6 Å². The van der Waals surface area contributed by atoms with Crippen molar-refractivity contribution in [1.29, 1.82) is 0 Å². The lowest BCUT2D eigenvalue weighted by molar-refractivity contribution is -0.143. The minimum Gasteiger partial charge on any atom is -0.480 e. The van der Waals surface area contributed by atoms with Crippen LogP contribution >= 0.6 is 0 Å². The molecule has 0 unspecified atom stereocenters. The van der Waals surface area contributed by atoms with Crippen molar-refractivity contribution in [3.05, 3.63) is 35.4 Å². The summed E-state index contributed by atoms with van der Waals surface area (Å²) in [7, 11) is 0. The van der Waals surface area contributed by atoms with Crippen LogP contribution in [0.3, 0.4) is 0 Å². The van der Waals surface area contributed by atoms with Gasteiger partial charge in [0.25, 0.3) is 5.91 Å². The molecule has 3 N–H and O–H groups in total. The van der Waals surface area contributed by atoms with E-state index in [1.165, 1.54) is 0 Å². The monoisotopic (exact) mass is 306 g/mol. The van der Waals surface area contributed by atoms with Crippen LogP contribution in [0.15, 0.2) is 24.3 Å². The first kappa shape index (κ1) is 17.7. The number of hydrogen-bond donors (Lipinski definition) is 3. The Bertz CT molecular complexity index is 557. The molecule has 1 aromatic rings. The summed E-state index contributed by atoms with van der Waals surface area (Å²) in [5.41, 5.74) is 1.30. The fourth-order valence-corrected chi connectivity index (χ4v) is 1.99. The van der Waals surface area contributed by atoms with Crippen LogP contribution in [0.2, 0.25) is 0 Å². The first-order valence-corrected chi connectivity index (χ1v) is 7.22. The first-order chi connectivity index (χ1) is 10.4. The molecule has 2 amide bonds. The summed E-state index contributed by atoms with van der Waals surface area (Å²) in [6.45, 7) is 5.16. The van der Waals surface area contributed by atoms with Crippen molar-refractivity contribution in [1.82, 2.24) is 10.6 Å². The van der Waals surface area contributed by atoms with Gasteiger partial charge in [-0.05, 0) is 24.5 Å². The zero-order valence-electron chi connectivity index (χ0n) is 13.1. The smallest absolute Gasteiger partial charge is 0.326 e. The van der Waals surface area contributed by atoms with Gasteiger partial charge >= 0.3 is 5.97 Å². The minimum absolute atomic E-state index is 0.187. The zero-order chi connectivity index (χ0) is 16.7. The van der Waals surface area contributed by atoms with Gasteiger partial charge in [0.2, 0.25) is 5.91 Å². The number of carbonyl (C=O) groups is 3. The van der Waals surface area contributed by atoms with Gasteiger partial charge in [-0.15, -0.1) is 0 Å². The number of nitrogens with one attached hydrogen (secondary N) is 2. The summed E-state index contributed by atoms with van der Waals surface area (Å²) in [5.74, 6) is -2.14. The lowest BCUT2D eigenvalue weighted by Crippen LogP contribution is -2.48. The molecule has 0 spiro atoms. The first-order valence-electron chi connectivity index (χ1n) is 7.22. The van der Waals surface area contributed by atoms with E-state index in [1.807, 2.05) is 13.0 Å². The number of aryl methyl sites for hydroxylation is 1. The van der Waals surface area contributed by atoms with Crippen LogP contribution in [0, 0.1) is 12.8 Å². The van der Waals surface area contributed by atoms with Gasteiger partial charge in [-0.2, -0.15) is 0 Å². The van der Waals surface area contributed by atoms with Gasteiger partial charge in [0.15, 0.2) is 0 Å². The van der Waals surface area contributed by atoms with Crippen LogP contribution in [-0.4, -0.2) is 35.5 Å². The lowest BCUT2D eigenvalue weighted by Gasteiger charge is -2.20. The molecule has 6 heteroatoms. The van der Waals surface area contributed by atoms with E-state index in [-0.39, 0.29) is 18.4 Å². The molecule has 0 fully saturated rings. The molecule has 0 bridgehead atoms. The maximum atomic E-state index is 12.0. The molecule has 2 atom stereocenters. The van der Waals surface area contributed by atoms with E-state index in [0.717, 1.165) is 5.56 Å². The standard InChI is InChI=1S/C16H22N2O4/c1-4-10(2)14(16(21)22)18-13(19)9-17-15(20)12-8-6-5-7-11(12)3/h5-8,10,14H,4,9H2,1-3H3,(H,17,20)(H,18,19)(H,21,22)/t10-,14-/m0/s1. The van der Waals surface area contributed by atoms with Gasteiger partial charge in [0, 0.05) is 5.56 Å². The molecule has 0 aliphatic carbocycles. The number of amides is 2. The van der Waals surface area contributed by atoms with Crippen LogP contribution in [0.4, 0.5) is 0 Å². The molecular weight excluding hydrogens is 284 g/mol. The summed E-state index contributed by atoms with van der Waals surface area (Å²) in [5, 5.41) is 14.0. The van der Waals surface area contributed by atoms with E-state index in [4.69, 9.17) is 5.11 Å². The number of rotatable bonds is 7. The molecule has 22 heavy (non-hydrogen) atoms. The highest BCUT2D eigenvalue weighted by Crippen LogP contribution is 2.08. The molecule has 1 rings (SSSR count). The molecule has 0 radical (unpaired) electrons. The maximum absolute atomic E-state index is 12.0. The third-order valence-electron chi connectivity index (χ3n) is 3.59. The van der Waals surface area contributed by atoms with Crippen molar-refractivity contribution in [3.8, 4) is 0 Å². The Morgan fingerprint density at radius 3 is 2.41 bits per heavy atom. The van der Waals surface area contributed by atoms with Gasteiger partial charge in [-0.3, -0.25) is 9.59 Å². The summed E-state index contributed by atoms with van der Waals surface area (Å²) in [6.07, 6.45) is 0.632. The molecular formula is C16H22N2O4. The topological polar surface area (TPSA) is 95.5 Å². The summed E-state index contributed by atoms with van der Waals surface area (Å²) in [6, 6.07) is 6.08. The van der Waals surface area contributed by atoms with Gasteiger partial charge in [0.1, 0.15) is 6.04 Å². The van der Waals surface area contributed by atoms with Crippen LogP contribution in [-0.2, 0) is 9.59 Å². The molecule has 0 aliphatic heterocycles. The fourth-order valence-electron chi connectivity index (χ4n) is 1.99. The lowest BCUT2D eigenvalue weighted by atomic mass is 9.99. The largest absolute Gasteiger partial charge is 0.480 e. The highest BCUT2D eigenvalue weighted by molar-refractivity contribution is 5.97. The second-order valence-corrected chi connectivity index (χ2v) is 5.27. The Kier molecular flexibility index (Phi) is 6.56. The zero-order valence-corrected chi connectivity index (χ0v) is 13.1. The summed E-state index contributed by atoms with van der Waals surface area (Å²) >= 11 is 0. The molecule has 0 heterocycles. The Balaban J connectivity index is 2.57. The van der Waals surface area contributed by atoms with E-state index < -0.39 is 17.9 Å². The average Bonchev–Trinajstić information content (AvgIpc) is 2.49. The van der Waals surface area contributed by atoms with Gasteiger partial charge in [0.05, 0.1) is 6.54 Å². The number of carboxylic acids is 1. The Morgan fingerprint density at radius 2 is 1.86 bits per heavy atom. The van der Waals surface area contributed by atoms with Crippen molar-refractivity contribution in [2.24, 2.45) is 5.92 Å². The van der Waals surface area contributed by atoms with Crippen LogP contribution in [0.5, 0.6) is 0 Å². The molecule has 1 aromatic carbocycles. The molecule has 0 saturated heterocycles. The highest BCUT2D eigenvalue weighted by atomic mass is 16.4. The predicted molar refractivity (Wildman–Crippen MR) is 82.5 cm³/mol. The van der Waals surface area contributed by atoms with Crippen molar-refractivity contribution in [2.75, 3.05) is 6.54 Å². The van der Waals surface area contributed by atoms with Crippen LogP contribution in [0.1, 0.15) is 36.2 Å². The Labute approximate surface area is 129 Å². The Hall–Kier alpha value is -2.37. The summed E-state index contributed by atoms with van der Waals surface area (Å²) in [4.78, 5) is 34.9. The number of benzene rings is 1. The quantitative estimate of drug-likeness (QED) is 0.708. The summed E-state index contributed by atoms with van der Waals surface area (Å²) < 4.78 is 0. The fraction of sp³-hybridized carbons (Fsp3) is 0.438. The number of carboxylic acid groups (broad SMARTS) is 1. The molecule has 6 nitrogen and oxygen atoms in total. The van der Waals surface area contributed by atoms with Crippen molar-refractivity contribution in [2.45, 2.75) is 33.2 Å². The van der Waals surface area contributed by atoms with E-state index in [9.17, 15) is 14.4 Å². The van der Waals surface area contributed by atoms with Crippen molar-refractivity contribution in [3.63, 3.8) is 0 Å². The average molecular weight is 306 g/mol. The third-order valence-corrected chi connectivity index (χ3v) is 3.59. The van der Waals surface area contributed by atoms with Gasteiger partial charge in [-0.25, -0.2) is 4.79 Å². The van der Waals surface area contributed by atoms with Crippen LogP contribution in [0.25, 0.3) is 0 Å². The molecule has 120 valence electrons. The van der Waals surface area contributed by atoms with Crippen molar-refractivity contribution < 1.29 is 19.5 Å².